The molecule has 2 atom stereocenters. The van der Waals surface area contributed by atoms with Gasteiger partial charge in [-0.2, -0.15) is 0 Å². The maximum absolute atomic E-state index is 4.88. The number of dihydropyridines is 1. The Labute approximate surface area is 127 Å². The number of fused-ring (bicyclic) bond motifs is 1. The van der Waals surface area contributed by atoms with E-state index >= 15 is 0 Å². The molecule has 2 unspecified atom stereocenters. The SMILES string of the molecule is C.CC1=C2CCC(C(C)C)CCCC2C(C(C)C)=NC1. The second-order valence-corrected chi connectivity index (χ2v) is 7.23. The molecular formula is C19H35N. The van der Waals surface area contributed by atoms with Crippen molar-refractivity contribution < 1.29 is 0 Å². The molecule has 1 nitrogen and oxygen atoms in total. The van der Waals surface area contributed by atoms with Gasteiger partial charge in [-0.1, -0.05) is 59.1 Å². The summed E-state index contributed by atoms with van der Waals surface area (Å²) in [5, 5.41) is 0. The molecule has 0 bridgehead atoms. The Morgan fingerprint density at radius 2 is 1.75 bits per heavy atom. The van der Waals surface area contributed by atoms with E-state index < -0.39 is 0 Å². The minimum atomic E-state index is 0. The van der Waals surface area contributed by atoms with Crippen LogP contribution in [0.5, 0.6) is 0 Å². The third-order valence-corrected chi connectivity index (χ3v) is 5.21. The molecule has 1 fully saturated rings. The Bertz CT molecular complexity index is 373. The van der Waals surface area contributed by atoms with Crippen LogP contribution in [0.3, 0.4) is 0 Å². The molecule has 1 aliphatic heterocycles. The number of rotatable bonds is 2. The zero-order chi connectivity index (χ0) is 14.0. The second kappa shape index (κ2) is 7.43. The van der Waals surface area contributed by atoms with Crippen molar-refractivity contribution in [2.45, 2.75) is 74.1 Å². The van der Waals surface area contributed by atoms with Crippen molar-refractivity contribution in [2.75, 3.05) is 6.54 Å². The van der Waals surface area contributed by atoms with E-state index in [9.17, 15) is 0 Å². The molecule has 0 aromatic carbocycles. The van der Waals surface area contributed by atoms with Gasteiger partial charge in [0.1, 0.15) is 0 Å². The van der Waals surface area contributed by atoms with E-state index in [4.69, 9.17) is 4.99 Å². The third-order valence-electron chi connectivity index (χ3n) is 5.21. The van der Waals surface area contributed by atoms with E-state index in [1.807, 2.05) is 0 Å². The molecule has 1 aliphatic carbocycles. The number of hydrogen-bond acceptors (Lipinski definition) is 1. The molecule has 116 valence electrons. The third kappa shape index (κ3) is 3.74. The first kappa shape index (κ1) is 17.5. The summed E-state index contributed by atoms with van der Waals surface area (Å²) in [4.78, 5) is 4.88. The lowest BCUT2D eigenvalue weighted by atomic mass is 9.73. The topological polar surface area (TPSA) is 12.4 Å². The standard InChI is InChI=1S/C18H31N.CH4/c1-12(2)15-7-6-8-17-16(10-9-15)14(5)11-19-18(17)13(3)4;/h12-13,15,17H,6-11H2,1-5H3;1H4. The monoisotopic (exact) mass is 277 g/mol. The van der Waals surface area contributed by atoms with E-state index in [1.54, 1.807) is 11.1 Å². The summed E-state index contributed by atoms with van der Waals surface area (Å²) in [6.07, 6.45) is 6.87. The predicted molar refractivity (Wildman–Crippen MR) is 91.5 cm³/mol. The van der Waals surface area contributed by atoms with E-state index in [0.717, 1.165) is 18.4 Å². The maximum Gasteiger partial charge on any atom is 0.0599 e. The van der Waals surface area contributed by atoms with Gasteiger partial charge in [-0.15, -0.1) is 0 Å². The van der Waals surface area contributed by atoms with Crippen LogP contribution in [0, 0.1) is 23.7 Å². The fourth-order valence-corrected chi connectivity index (χ4v) is 3.93. The highest BCUT2D eigenvalue weighted by atomic mass is 14.8. The van der Waals surface area contributed by atoms with Gasteiger partial charge >= 0.3 is 0 Å². The van der Waals surface area contributed by atoms with E-state index in [2.05, 4.69) is 34.6 Å². The summed E-state index contributed by atoms with van der Waals surface area (Å²) in [6, 6.07) is 0. The van der Waals surface area contributed by atoms with Gasteiger partial charge in [0.15, 0.2) is 0 Å². The Balaban J connectivity index is 0.00000200. The fourth-order valence-electron chi connectivity index (χ4n) is 3.93. The lowest BCUT2D eigenvalue weighted by molar-refractivity contribution is 0.306. The van der Waals surface area contributed by atoms with Crippen molar-refractivity contribution >= 4 is 5.71 Å². The van der Waals surface area contributed by atoms with Crippen molar-refractivity contribution in [1.82, 2.24) is 0 Å². The highest BCUT2D eigenvalue weighted by Gasteiger charge is 2.29. The van der Waals surface area contributed by atoms with Crippen LogP contribution in [0.25, 0.3) is 0 Å². The van der Waals surface area contributed by atoms with Crippen molar-refractivity contribution in [3.05, 3.63) is 11.1 Å². The summed E-state index contributed by atoms with van der Waals surface area (Å²) < 4.78 is 0. The van der Waals surface area contributed by atoms with Gasteiger partial charge in [-0.3, -0.25) is 4.99 Å². The first-order valence-corrected chi connectivity index (χ1v) is 8.23. The Morgan fingerprint density at radius 1 is 1.05 bits per heavy atom. The lowest BCUT2D eigenvalue weighted by Crippen LogP contribution is -2.29. The summed E-state index contributed by atoms with van der Waals surface area (Å²) in [5.74, 6) is 3.08. The molecule has 2 rings (SSSR count). The highest BCUT2D eigenvalue weighted by molar-refractivity contribution is 5.92. The summed E-state index contributed by atoms with van der Waals surface area (Å²) in [5.41, 5.74) is 4.81. The molecule has 0 aromatic heterocycles. The lowest BCUT2D eigenvalue weighted by Gasteiger charge is -2.34. The minimum absolute atomic E-state index is 0. The summed E-state index contributed by atoms with van der Waals surface area (Å²) in [6.45, 7) is 12.7. The van der Waals surface area contributed by atoms with Crippen molar-refractivity contribution in [3.8, 4) is 0 Å². The molecule has 1 heterocycles. The van der Waals surface area contributed by atoms with Gasteiger partial charge in [0.05, 0.1) is 6.54 Å². The molecule has 0 aromatic rings. The van der Waals surface area contributed by atoms with Crippen molar-refractivity contribution in [1.29, 1.82) is 0 Å². The van der Waals surface area contributed by atoms with Gasteiger partial charge in [0, 0.05) is 11.6 Å². The molecule has 1 heteroatoms. The van der Waals surface area contributed by atoms with Gasteiger partial charge in [0.25, 0.3) is 0 Å². The molecule has 0 spiro atoms. The quantitative estimate of drug-likeness (QED) is 0.557. The molecule has 0 saturated heterocycles. The summed E-state index contributed by atoms with van der Waals surface area (Å²) >= 11 is 0. The van der Waals surface area contributed by atoms with Crippen LogP contribution in [0.1, 0.15) is 74.1 Å². The Hall–Kier alpha value is -0.590. The van der Waals surface area contributed by atoms with Crippen LogP contribution in [0.2, 0.25) is 0 Å². The van der Waals surface area contributed by atoms with Crippen LogP contribution in [0.4, 0.5) is 0 Å². The zero-order valence-electron chi connectivity index (χ0n) is 13.5. The predicted octanol–water partition coefficient (Wildman–Crippen LogP) is 5.90. The van der Waals surface area contributed by atoms with Crippen molar-refractivity contribution in [3.63, 3.8) is 0 Å². The number of aliphatic imine (C=N–C) groups is 1. The first-order chi connectivity index (χ1) is 9.00. The van der Waals surface area contributed by atoms with Crippen LogP contribution in [-0.4, -0.2) is 12.3 Å². The molecule has 0 radical (unpaired) electrons. The normalized spacial score (nSPS) is 27.6. The largest absolute Gasteiger partial charge is 0.289 e. The molecular weight excluding hydrogens is 242 g/mol. The highest BCUT2D eigenvalue weighted by Crippen LogP contribution is 2.38. The van der Waals surface area contributed by atoms with E-state index in [1.165, 1.54) is 37.8 Å². The van der Waals surface area contributed by atoms with Crippen LogP contribution >= 0.6 is 0 Å². The maximum atomic E-state index is 4.88. The van der Waals surface area contributed by atoms with Gasteiger partial charge < -0.3 is 0 Å². The van der Waals surface area contributed by atoms with Crippen molar-refractivity contribution in [2.24, 2.45) is 28.7 Å². The molecule has 0 N–H and O–H groups in total. The fraction of sp³-hybridized carbons (Fsp3) is 0.842. The first-order valence-electron chi connectivity index (χ1n) is 8.23. The van der Waals surface area contributed by atoms with E-state index in [0.29, 0.717) is 11.8 Å². The van der Waals surface area contributed by atoms with Gasteiger partial charge in [-0.25, -0.2) is 0 Å². The van der Waals surface area contributed by atoms with Crippen LogP contribution in [-0.2, 0) is 0 Å². The Morgan fingerprint density at radius 3 is 2.35 bits per heavy atom. The number of allylic oxidation sites excluding steroid dienone is 1. The Kier molecular flexibility index (Phi) is 6.48. The second-order valence-electron chi connectivity index (χ2n) is 7.23. The van der Waals surface area contributed by atoms with Gasteiger partial charge in [-0.05, 0) is 43.9 Å². The molecule has 20 heavy (non-hydrogen) atoms. The smallest absolute Gasteiger partial charge is 0.0599 e. The van der Waals surface area contributed by atoms with Gasteiger partial charge in [0.2, 0.25) is 0 Å². The number of hydrogen-bond donors (Lipinski definition) is 0. The molecule has 0 amide bonds. The van der Waals surface area contributed by atoms with E-state index in [-0.39, 0.29) is 7.43 Å². The summed E-state index contributed by atoms with van der Waals surface area (Å²) in [7, 11) is 0. The van der Waals surface area contributed by atoms with Crippen LogP contribution in [0.15, 0.2) is 16.1 Å². The zero-order valence-corrected chi connectivity index (χ0v) is 13.5. The molecule has 1 saturated carbocycles. The average molecular weight is 277 g/mol. The molecule has 2 aliphatic rings. The van der Waals surface area contributed by atoms with Crippen LogP contribution < -0.4 is 0 Å². The number of nitrogens with zero attached hydrogens (tertiary/aromatic N) is 1. The minimum Gasteiger partial charge on any atom is -0.289 e. The average Bonchev–Trinajstić information content (AvgIpc) is 2.29.